The van der Waals surface area contributed by atoms with Crippen LogP contribution < -0.4 is 10.6 Å². The summed E-state index contributed by atoms with van der Waals surface area (Å²) in [4.78, 5) is 14.4. The van der Waals surface area contributed by atoms with Crippen molar-refractivity contribution in [2.45, 2.75) is 26.5 Å². The monoisotopic (exact) mass is 475 g/mol. The first kappa shape index (κ1) is 21.6. The summed E-state index contributed by atoms with van der Waals surface area (Å²) >= 11 is 8.69. The lowest BCUT2D eigenvalue weighted by atomic mass is 10.2. The average molecular weight is 476 g/mol. The van der Waals surface area contributed by atoms with E-state index in [-0.39, 0.29) is 0 Å². The van der Waals surface area contributed by atoms with Crippen molar-refractivity contribution in [2.75, 3.05) is 10.6 Å². The van der Waals surface area contributed by atoms with E-state index in [9.17, 15) is 9.50 Å². The molecule has 1 atom stereocenters. The van der Waals surface area contributed by atoms with Crippen molar-refractivity contribution < 1.29 is 9.50 Å². The Morgan fingerprint density at radius 1 is 1.23 bits per heavy atom. The molecule has 1 unspecified atom stereocenters. The number of hydrogen-bond donors (Lipinski definition) is 3. The normalized spacial score (nSPS) is 12.0. The molecule has 1 aromatic carbocycles. The van der Waals surface area contributed by atoms with Crippen molar-refractivity contribution in [3.63, 3.8) is 0 Å². The Kier molecular flexibility index (Phi) is 6.47. The Labute approximate surface area is 191 Å². The highest BCUT2D eigenvalue weighted by Crippen LogP contribution is 2.34. The first-order valence-electron chi connectivity index (χ1n) is 9.41. The minimum atomic E-state index is -0.595. The van der Waals surface area contributed by atoms with E-state index >= 15 is 0 Å². The van der Waals surface area contributed by atoms with Crippen LogP contribution in [-0.4, -0.2) is 20.1 Å². The van der Waals surface area contributed by atoms with Crippen LogP contribution in [0.2, 0.25) is 5.02 Å². The number of pyridine rings is 1. The molecular formula is C21H19ClFN5OS2. The van der Waals surface area contributed by atoms with Gasteiger partial charge in [0.1, 0.15) is 22.7 Å². The van der Waals surface area contributed by atoms with Crippen molar-refractivity contribution in [1.29, 1.82) is 0 Å². The summed E-state index contributed by atoms with van der Waals surface area (Å²) in [5, 5.41) is 19.7. The first-order chi connectivity index (χ1) is 14.9. The summed E-state index contributed by atoms with van der Waals surface area (Å²) in [6.45, 7) is 4.05. The maximum atomic E-state index is 13.9. The SMILES string of the molecule is Cc1nc(C(C)O)sc1-c1csc(Nc2ccc(CNc3ccc(Cl)cc3F)cn2)n1. The van der Waals surface area contributed by atoms with E-state index < -0.39 is 11.9 Å². The Morgan fingerprint density at radius 3 is 2.74 bits per heavy atom. The second-order valence-corrected chi connectivity index (χ2v) is 9.16. The van der Waals surface area contributed by atoms with Crippen LogP contribution in [0.3, 0.4) is 0 Å². The highest BCUT2D eigenvalue weighted by molar-refractivity contribution is 7.17. The van der Waals surface area contributed by atoms with Crippen LogP contribution in [0.15, 0.2) is 41.9 Å². The van der Waals surface area contributed by atoms with Gasteiger partial charge in [-0.15, -0.1) is 22.7 Å². The lowest BCUT2D eigenvalue weighted by Gasteiger charge is -2.08. The van der Waals surface area contributed by atoms with Crippen molar-refractivity contribution in [3.8, 4) is 10.6 Å². The molecule has 3 aromatic heterocycles. The Balaban J connectivity index is 1.39. The molecule has 160 valence electrons. The van der Waals surface area contributed by atoms with Gasteiger partial charge in [-0.05, 0) is 43.7 Å². The summed E-state index contributed by atoms with van der Waals surface area (Å²) in [6.07, 6.45) is 1.13. The molecule has 3 heterocycles. The van der Waals surface area contributed by atoms with Gasteiger partial charge in [0.05, 0.1) is 22.0 Å². The molecule has 0 aliphatic rings. The summed E-state index contributed by atoms with van der Waals surface area (Å²) in [7, 11) is 0. The smallest absolute Gasteiger partial charge is 0.188 e. The summed E-state index contributed by atoms with van der Waals surface area (Å²) in [5.74, 6) is 0.267. The van der Waals surface area contributed by atoms with E-state index in [1.54, 1.807) is 25.3 Å². The highest BCUT2D eigenvalue weighted by atomic mass is 35.5. The second kappa shape index (κ2) is 9.27. The van der Waals surface area contributed by atoms with Crippen molar-refractivity contribution in [3.05, 3.63) is 69.0 Å². The van der Waals surface area contributed by atoms with Gasteiger partial charge in [0.2, 0.25) is 0 Å². The quantitative estimate of drug-likeness (QED) is 0.296. The predicted octanol–water partition coefficient (Wildman–Crippen LogP) is 6.17. The third-order valence-corrected chi connectivity index (χ3v) is 6.72. The number of benzene rings is 1. The average Bonchev–Trinajstić information content (AvgIpc) is 3.35. The number of aromatic nitrogens is 3. The van der Waals surface area contributed by atoms with Gasteiger partial charge in [0, 0.05) is 23.1 Å². The Hall–Kier alpha value is -2.59. The molecule has 4 aromatic rings. The lowest BCUT2D eigenvalue weighted by molar-refractivity contribution is 0.198. The highest BCUT2D eigenvalue weighted by Gasteiger charge is 2.15. The maximum Gasteiger partial charge on any atom is 0.188 e. The van der Waals surface area contributed by atoms with E-state index in [0.29, 0.717) is 33.2 Å². The minimum absolute atomic E-state index is 0.361. The predicted molar refractivity (Wildman–Crippen MR) is 125 cm³/mol. The number of anilines is 3. The minimum Gasteiger partial charge on any atom is -0.386 e. The largest absolute Gasteiger partial charge is 0.386 e. The summed E-state index contributed by atoms with van der Waals surface area (Å²) in [6, 6.07) is 8.28. The molecule has 0 amide bonds. The van der Waals surface area contributed by atoms with Crippen molar-refractivity contribution in [1.82, 2.24) is 15.0 Å². The number of rotatable bonds is 7. The fraction of sp³-hybridized carbons (Fsp3) is 0.190. The number of hydrogen-bond acceptors (Lipinski definition) is 8. The number of nitrogens with one attached hydrogen (secondary N) is 2. The molecule has 0 radical (unpaired) electrons. The number of nitrogens with zero attached hydrogens (tertiary/aromatic N) is 3. The van der Waals surface area contributed by atoms with E-state index in [1.807, 2.05) is 24.4 Å². The van der Waals surface area contributed by atoms with Crippen molar-refractivity contribution in [2.24, 2.45) is 0 Å². The molecule has 0 bridgehead atoms. The number of aliphatic hydroxyl groups excluding tert-OH is 1. The molecule has 6 nitrogen and oxygen atoms in total. The van der Waals surface area contributed by atoms with Crippen LogP contribution in [0.5, 0.6) is 0 Å². The number of halogens is 2. The molecule has 0 aliphatic heterocycles. The molecule has 10 heteroatoms. The molecule has 0 saturated heterocycles. The van der Waals surface area contributed by atoms with Gasteiger partial charge in [0.15, 0.2) is 5.13 Å². The molecular weight excluding hydrogens is 457 g/mol. The third-order valence-electron chi connectivity index (χ3n) is 4.38. The van der Waals surface area contributed by atoms with Crippen LogP contribution in [0, 0.1) is 12.7 Å². The fourth-order valence-corrected chi connectivity index (χ4v) is 4.72. The van der Waals surface area contributed by atoms with Crippen LogP contribution in [0.1, 0.15) is 29.3 Å². The second-order valence-electron chi connectivity index (χ2n) is 6.83. The number of aliphatic hydroxyl groups is 1. The van der Waals surface area contributed by atoms with Gasteiger partial charge >= 0.3 is 0 Å². The lowest BCUT2D eigenvalue weighted by Crippen LogP contribution is -2.02. The fourth-order valence-electron chi connectivity index (χ4n) is 2.81. The Morgan fingerprint density at radius 2 is 2.06 bits per heavy atom. The number of aryl methyl sites for hydroxylation is 1. The molecule has 3 N–H and O–H groups in total. The van der Waals surface area contributed by atoms with Gasteiger partial charge in [-0.1, -0.05) is 17.7 Å². The molecule has 31 heavy (non-hydrogen) atoms. The maximum absolute atomic E-state index is 13.9. The van der Waals surface area contributed by atoms with E-state index in [4.69, 9.17) is 11.6 Å². The third kappa shape index (κ3) is 5.19. The Bertz CT molecular complexity index is 1190. The zero-order chi connectivity index (χ0) is 22.0. The molecule has 0 saturated carbocycles. The van der Waals surface area contributed by atoms with Gasteiger partial charge < -0.3 is 15.7 Å². The van der Waals surface area contributed by atoms with Crippen LogP contribution in [-0.2, 0) is 6.54 Å². The molecule has 0 aliphatic carbocycles. The van der Waals surface area contributed by atoms with Crippen LogP contribution in [0.25, 0.3) is 10.6 Å². The summed E-state index contributed by atoms with van der Waals surface area (Å²) in [5.41, 5.74) is 2.97. The molecule has 0 fully saturated rings. The van der Waals surface area contributed by atoms with Gasteiger partial charge in [0.25, 0.3) is 0 Å². The zero-order valence-electron chi connectivity index (χ0n) is 16.7. The van der Waals surface area contributed by atoms with Gasteiger partial charge in [-0.3, -0.25) is 0 Å². The molecule has 4 rings (SSSR count). The van der Waals surface area contributed by atoms with E-state index in [1.165, 1.54) is 28.7 Å². The first-order valence-corrected chi connectivity index (χ1v) is 11.5. The zero-order valence-corrected chi connectivity index (χ0v) is 19.1. The van der Waals surface area contributed by atoms with E-state index in [0.717, 1.165) is 21.8 Å². The van der Waals surface area contributed by atoms with Gasteiger partial charge in [-0.25, -0.2) is 19.3 Å². The van der Waals surface area contributed by atoms with Crippen molar-refractivity contribution >= 4 is 50.9 Å². The van der Waals surface area contributed by atoms with Gasteiger partial charge in [-0.2, -0.15) is 0 Å². The van der Waals surface area contributed by atoms with Crippen LogP contribution >= 0.6 is 34.3 Å². The topological polar surface area (TPSA) is 83.0 Å². The van der Waals surface area contributed by atoms with Crippen LogP contribution in [0.4, 0.5) is 21.0 Å². The standard InChI is InChI=1S/C21H19ClFN5OS2/c1-11-19(31-20(26-11)12(2)29)17-10-30-21(27-17)28-18-6-3-13(9-25-18)8-24-16-5-4-14(22)7-15(16)23/h3-7,9-10,12,24,29H,8H2,1-2H3,(H,25,27,28). The molecule has 0 spiro atoms. The summed E-state index contributed by atoms with van der Waals surface area (Å²) < 4.78 is 13.9. The number of thiazole rings is 2. The van der Waals surface area contributed by atoms with E-state index in [2.05, 4.69) is 25.6 Å².